The molecule has 1 N–H and O–H groups in total. The highest BCUT2D eigenvalue weighted by Crippen LogP contribution is 2.10. The van der Waals surface area contributed by atoms with Gasteiger partial charge in [-0.3, -0.25) is 0 Å². The van der Waals surface area contributed by atoms with E-state index in [1.807, 2.05) is 0 Å². The molecule has 0 bridgehead atoms. The number of ether oxygens (including phenoxy) is 1. The number of aromatic carboxylic acids is 1. The van der Waals surface area contributed by atoms with Crippen LogP contribution in [0.5, 0.6) is 0 Å². The van der Waals surface area contributed by atoms with Crippen molar-refractivity contribution < 1.29 is 14.6 Å². The molecule has 1 heterocycles. The van der Waals surface area contributed by atoms with Gasteiger partial charge in [-0.25, -0.2) is 4.79 Å². The first-order valence-corrected chi connectivity index (χ1v) is 3.53. The third-order valence-electron chi connectivity index (χ3n) is 1.71. The Morgan fingerprint density at radius 1 is 1.75 bits per heavy atom. The maximum atomic E-state index is 10.6. The zero-order valence-corrected chi connectivity index (χ0v) is 7.07. The van der Waals surface area contributed by atoms with Crippen LogP contribution in [0.4, 0.5) is 0 Å². The van der Waals surface area contributed by atoms with Crippen LogP contribution in [0.15, 0.2) is 12.3 Å². The Morgan fingerprint density at radius 2 is 2.42 bits per heavy atom. The number of carbonyl (C=O) groups is 1. The predicted molar refractivity (Wildman–Crippen MR) is 43.1 cm³/mol. The molecule has 0 radical (unpaired) electrons. The first kappa shape index (κ1) is 8.80. The van der Waals surface area contributed by atoms with E-state index < -0.39 is 5.97 Å². The van der Waals surface area contributed by atoms with E-state index in [4.69, 9.17) is 9.84 Å². The average molecular weight is 169 g/mol. The molecular formula is C8H11NO3. The van der Waals surface area contributed by atoms with Crippen LogP contribution in [0.25, 0.3) is 0 Å². The minimum absolute atomic E-state index is 0.305. The number of carboxylic acid groups (broad SMARTS) is 1. The number of carboxylic acids is 1. The number of hydrogen-bond acceptors (Lipinski definition) is 2. The summed E-state index contributed by atoms with van der Waals surface area (Å²) in [6.07, 6.45) is 1.71. The molecule has 0 fully saturated rings. The molecule has 4 heteroatoms. The topological polar surface area (TPSA) is 51.5 Å². The highest BCUT2D eigenvalue weighted by molar-refractivity contribution is 5.89. The Labute approximate surface area is 70.4 Å². The molecule has 0 spiro atoms. The van der Waals surface area contributed by atoms with E-state index in [1.165, 1.54) is 0 Å². The van der Waals surface area contributed by atoms with Gasteiger partial charge < -0.3 is 14.4 Å². The van der Waals surface area contributed by atoms with Gasteiger partial charge in [0.2, 0.25) is 0 Å². The minimum Gasteiger partial charge on any atom is -0.478 e. The van der Waals surface area contributed by atoms with E-state index in [2.05, 4.69) is 0 Å². The van der Waals surface area contributed by atoms with Crippen molar-refractivity contribution in [1.82, 2.24) is 4.57 Å². The van der Waals surface area contributed by atoms with Gasteiger partial charge in [-0.2, -0.15) is 0 Å². The lowest BCUT2D eigenvalue weighted by Crippen LogP contribution is -2.04. The highest BCUT2D eigenvalue weighted by atomic mass is 16.5. The zero-order valence-electron chi connectivity index (χ0n) is 7.07. The van der Waals surface area contributed by atoms with Crippen molar-refractivity contribution in [2.45, 2.75) is 6.61 Å². The quantitative estimate of drug-likeness (QED) is 0.730. The summed E-state index contributed by atoms with van der Waals surface area (Å²) < 4.78 is 6.62. The molecule has 0 saturated carbocycles. The van der Waals surface area contributed by atoms with Gasteiger partial charge in [0.05, 0.1) is 17.9 Å². The second-order valence-electron chi connectivity index (χ2n) is 2.53. The summed E-state index contributed by atoms with van der Waals surface area (Å²) in [6, 6.07) is 1.57. The fraction of sp³-hybridized carbons (Fsp3) is 0.375. The normalized spacial score (nSPS) is 10.2. The summed E-state index contributed by atoms with van der Waals surface area (Å²) in [5, 5.41) is 8.74. The summed E-state index contributed by atoms with van der Waals surface area (Å²) in [7, 11) is 3.33. The highest BCUT2D eigenvalue weighted by Gasteiger charge is 2.12. The molecule has 1 aromatic rings. The molecule has 0 unspecified atom stereocenters. The lowest BCUT2D eigenvalue weighted by molar-refractivity contribution is 0.0691. The summed E-state index contributed by atoms with van der Waals surface area (Å²) in [4.78, 5) is 10.6. The predicted octanol–water partition coefficient (Wildman–Crippen LogP) is 0.870. The summed E-state index contributed by atoms with van der Waals surface area (Å²) in [5.74, 6) is -0.914. The van der Waals surface area contributed by atoms with Crippen molar-refractivity contribution in [2.75, 3.05) is 7.11 Å². The lowest BCUT2D eigenvalue weighted by Gasteiger charge is -2.02. The van der Waals surface area contributed by atoms with Crippen molar-refractivity contribution in [1.29, 1.82) is 0 Å². The first-order valence-electron chi connectivity index (χ1n) is 3.53. The van der Waals surface area contributed by atoms with E-state index in [9.17, 15) is 4.79 Å². The monoisotopic (exact) mass is 169 g/mol. The molecule has 66 valence electrons. The van der Waals surface area contributed by atoms with Crippen LogP contribution >= 0.6 is 0 Å². The second kappa shape index (κ2) is 3.40. The van der Waals surface area contributed by atoms with Crippen LogP contribution in [0.3, 0.4) is 0 Å². The fourth-order valence-electron chi connectivity index (χ4n) is 1.07. The van der Waals surface area contributed by atoms with Crippen LogP contribution in [0, 0.1) is 0 Å². The number of nitrogens with zero attached hydrogens (tertiary/aromatic N) is 1. The van der Waals surface area contributed by atoms with E-state index in [-0.39, 0.29) is 0 Å². The SMILES string of the molecule is COCc1c(C(=O)O)ccn1C. The number of aromatic nitrogens is 1. The molecule has 0 aliphatic heterocycles. The minimum atomic E-state index is -0.914. The first-order chi connectivity index (χ1) is 5.66. The summed E-state index contributed by atoms with van der Waals surface area (Å²) >= 11 is 0. The Hall–Kier alpha value is -1.29. The molecular weight excluding hydrogens is 158 g/mol. The molecule has 0 aliphatic rings. The van der Waals surface area contributed by atoms with Gasteiger partial charge in [-0.15, -0.1) is 0 Å². The van der Waals surface area contributed by atoms with Crippen molar-refractivity contribution in [3.63, 3.8) is 0 Å². The maximum absolute atomic E-state index is 10.6. The molecule has 0 atom stereocenters. The molecule has 4 nitrogen and oxygen atoms in total. The molecule has 1 aromatic heterocycles. The molecule has 0 aromatic carbocycles. The van der Waals surface area contributed by atoms with Crippen molar-refractivity contribution in [3.05, 3.63) is 23.5 Å². The van der Waals surface area contributed by atoms with E-state index in [1.54, 1.807) is 31.0 Å². The number of methoxy groups -OCH3 is 1. The second-order valence-corrected chi connectivity index (χ2v) is 2.53. The van der Waals surface area contributed by atoms with E-state index >= 15 is 0 Å². The lowest BCUT2D eigenvalue weighted by atomic mass is 10.2. The average Bonchev–Trinajstić information content (AvgIpc) is 2.34. The Balaban J connectivity index is 3.03. The molecule has 0 amide bonds. The number of aryl methyl sites for hydroxylation is 1. The molecule has 12 heavy (non-hydrogen) atoms. The Bertz CT molecular complexity index is 290. The number of hydrogen-bond donors (Lipinski definition) is 1. The van der Waals surface area contributed by atoms with Gasteiger partial charge >= 0.3 is 5.97 Å². The molecule has 1 rings (SSSR count). The van der Waals surface area contributed by atoms with Crippen LogP contribution in [-0.2, 0) is 18.4 Å². The Morgan fingerprint density at radius 3 is 2.92 bits per heavy atom. The van der Waals surface area contributed by atoms with Gasteiger partial charge in [0, 0.05) is 20.4 Å². The van der Waals surface area contributed by atoms with E-state index in [0.717, 1.165) is 0 Å². The van der Waals surface area contributed by atoms with Crippen molar-refractivity contribution >= 4 is 5.97 Å². The largest absolute Gasteiger partial charge is 0.478 e. The smallest absolute Gasteiger partial charge is 0.337 e. The molecule has 0 saturated heterocycles. The summed E-state index contributed by atoms with van der Waals surface area (Å²) in [6.45, 7) is 0.325. The van der Waals surface area contributed by atoms with Crippen molar-refractivity contribution in [3.8, 4) is 0 Å². The van der Waals surface area contributed by atoms with Crippen molar-refractivity contribution in [2.24, 2.45) is 7.05 Å². The van der Waals surface area contributed by atoms with Crippen LogP contribution in [0.2, 0.25) is 0 Å². The van der Waals surface area contributed by atoms with Crippen LogP contribution < -0.4 is 0 Å². The third kappa shape index (κ3) is 1.48. The summed E-state index contributed by atoms with van der Waals surface area (Å²) in [5.41, 5.74) is 0.990. The van der Waals surface area contributed by atoms with Crippen LogP contribution in [0.1, 0.15) is 16.1 Å². The zero-order chi connectivity index (χ0) is 9.14. The van der Waals surface area contributed by atoms with Gasteiger partial charge in [0.15, 0.2) is 0 Å². The van der Waals surface area contributed by atoms with E-state index in [0.29, 0.717) is 17.9 Å². The van der Waals surface area contributed by atoms with Gasteiger partial charge in [0.25, 0.3) is 0 Å². The number of rotatable bonds is 3. The van der Waals surface area contributed by atoms with Gasteiger partial charge in [-0.05, 0) is 6.07 Å². The van der Waals surface area contributed by atoms with Crippen LogP contribution in [-0.4, -0.2) is 22.8 Å². The third-order valence-corrected chi connectivity index (χ3v) is 1.71. The maximum Gasteiger partial charge on any atom is 0.337 e. The molecule has 0 aliphatic carbocycles. The standard InChI is InChI=1S/C8H11NO3/c1-9-4-3-6(8(10)11)7(9)5-12-2/h3-4H,5H2,1-2H3,(H,10,11). The van der Waals surface area contributed by atoms with Gasteiger partial charge in [0.1, 0.15) is 0 Å². The fourth-order valence-corrected chi connectivity index (χ4v) is 1.07. The van der Waals surface area contributed by atoms with Gasteiger partial charge in [-0.1, -0.05) is 0 Å². The Kier molecular flexibility index (Phi) is 2.50.